The fraction of sp³-hybridized carbons (Fsp3) is 0.182. The smallest absolute Gasteiger partial charge is 0.305 e. The third-order valence-electron chi connectivity index (χ3n) is 1.96. The second-order valence-electron chi connectivity index (χ2n) is 3.19. The van der Waals surface area contributed by atoms with Gasteiger partial charge in [0, 0.05) is 12.5 Å². The fourth-order valence-electron chi connectivity index (χ4n) is 1.02. The Morgan fingerprint density at radius 2 is 1.65 bits per heavy atom. The summed E-state index contributed by atoms with van der Waals surface area (Å²) in [7, 11) is 1.52. The maximum atomic E-state index is 11.5. The van der Waals surface area contributed by atoms with Crippen molar-refractivity contribution in [1.29, 1.82) is 0 Å². The van der Waals surface area contributed by atoms with Gasteiger partial charge in [0.05, 0.1) is 7.11 Å². The van der Waals surface area contributed by atoms with E-state index in [1.807, 2.05) is 5.43 Å². The molecule has 6 heteroatoms. The molecule has 0 bridgehead atoms. The number of ether oxygens (including phenoxy) is 1. The van der Waals surface area contributed by atoms with Crippen LogP contribution in [0.5, 0.6) is 5.75 Å². The van der Waals surface area contributed by atoms with Crippen molar-refractivity contribution in [2.24, 2.45) is 0 Å². The summed E-state index contributed by atoms with van der Waals surface area (Å²) in [4.78, 5) is 33.0. The highest BCUT2D eigenvalue weighted by atomic mass is 16.5. The van der Waals surface area contributed by atoms with E-state index in [0.717, 1.165) is 6.92 Å². The van der Waals surface area contributed by atoms with Gasteiger partial charge in [0.15, 0.2) is 0 Å². The Hall–Kier alpha value is -2.37. The van der Waals surface area contributed by atoms with Gasteiger partial charge in [-0.15, -0.1) is 0 Å². The summed E-state index contributed by atoms with van der Waals surface area (Å²) < 4.78 is 4.93. The number of rotatable bonds is 3. The lowest BCUT2D eigenvalue weighted by atomic mass is 10.2. The molecule has 0 heterocycles. The molecule has 0 aromatic heterocycles. The predicted molar refractivity (Wildman–Crippen MR) is 59.3 cm³/mol. The number of amides is 2. The van der Waals surface area contributed by atoms with Crippen molar-refractivity contribution in [3.63, 3.8) is 0 Å². The number of carbonyl (C=O) groups excluding carboxylic acids is 3. The van der Waals surface area contributed by atoms with E-state index in [1.165, 1.54) is 19.2 Å². The third kappa shape index (κ3) is 3.60. The lowest BCUT2D eigenvalue weighted by Gasteiger charge is -2.06. The Bertz CT molecular complexity index is 439. The van der Waals surface area contributed by atoms with Crippen LogP contribution in [0.1, 0.15) is 17.3 Å². The summed E-state index contributed by atoms with van der Waals surface area (Å²) in [5, 5.41) is 0. The van der Waals surface area contributed by atoms with E-state index in [0.29, 0.717) is 11.3 Å². The van der Waals surface area contributed by atoms with E-state index in [2.05, 4.69) is 5.43 Å². The summed E-state index contributed by atoms with van der Waals surface area (Å²) in [6.07, 6.45) is 0. The highest BCUT2D eigenvalue weighted by Crippen LogP contribution is 2.10. The van der Waals surface area contributed by atoms with Gasteiger partial charge >= 0.3 is 5.91 Å². The molecule has 0 fully saturated rings. The number of ketones is 1. The Kier molecular flexibility index (Phi) is 4.21. The molecule has 1 rings (SSSR count). The van der Waals surface area contributed by atoms with Gasteiger partial charge in [-0.25, -0.2) is 0 Å². The minimum absolute atomic E-state index is 0.342. The molecular formula is C11H12N2O4. The molecule has 0 spiro atoms. The minimum Gasteiger partial charge on any atom is -0.497 e. The first-order valence-electron chi connectivity index (χ1n) is 4.80. The lowest BCUT2D eigenvalue weighted by molar-refractivity contribution is -0.137. The van der Waals surface area contributed by atoms with Crippen molar-refractivity contribution >= 4 is 17.6 Å². The summed E-state index contributed by atoms with van der Waals surface area (Å²) in [6.45, 7) is 1.11. The van der Waals surface area contributed by atoms with Gasteiger partial charge in [0.2, 0.25) is 5.78 Å². The zero-order chi connectivity index (χ0) is 12.8. The monoisotopic (exact) mass is 236 g/mol. The van der Waals surface area contributed by atoms with Crippen LogP contribution >= 0.6 is 0 Å². The van der Waals surface area contributed by atoms with Crippen molar-refractivity contribution in [3.8, 4) is 5.75 Å². The molecule has 0 saturated carbocycles. The Balaban J connectivity index is 2.58. The van der Waals surface area contributed by atoms with Crippen molar-refractivity contribution in [1.82, 2.24) is 10.9 Å². The molecule has 0 aliphatic carbocycles. The number of methoxy groups -OCH3 is 1. The van der Waals surface area contributed by atoms with Gasteiger partial charge in [-0.3, -0.25) is 25.2 Å². The average Bonchev–Trinajstić information content (AvgIpc) is 2.35. The van der Waals surface area contributed by atoms with Crippen LogP contribution in [0.4, 0.5) is 0 Å². The Morgan fingerprint density at radius 3 is 2.12 bits per heavy atom. The maximum absolute atomic E-state index is 11.5. The second kappa shape index (κ2) is 5.64. The van der Waals surface area contributed by atoms with E-state index in [1.54, 1.807) is 12.1 Å². The van der Waals surface area contributed by atoms with Crippen LogP contribution in [0.3, 0.4) is 0 Å². The first-order chi connectivity index (χ1) is 8.04. The van der Waals surface area contributed by atoms with E-state index in [4.69, 9.17) is 4.74 Å². The van der Waals surface area contributed by atoms with Gasteiger partial charge in [0.1, 0.15) is 5.75 Å². The van der Waals surface area contributed by atoms with Crippen molar-refractivity contribution in [3.05, 3.63) is 29.8 Å². The maximum Gasteiger partial charge on any atom is 0.305 e. The number of nitrogens with one attached hydrogen (secondary N) is 2. The molecule has 0 aliphatic rings. The number of hydrogen-bond acceptors (Lipinski definition) is 4. The SMILES string of the molecule is COc1ccc(C(=O)NNC(=O)C(C)=O)cc1. The molecule has 2 N–H and O–H groups in total. The molecule has 90 valence electrons. The second-order valence-corrected chi connectivity index (χ2v) is 3.19. The van der Waals surface area contributed by atoms with Crippen LogP contribution in [-0.2, 0) is 9.59 Å². The predicted octanol–water partition coefficient (Wildman–Crippen LogP) is 0.0452. The normalized spacial score (nSPS) is 9.29. The zero-order valence-electron chi connectivity index (χ0n) is 9.44. The largest absolute Gasteiger partial charge is 0.497 e. The van der Waals surface area contributed by atoms with Crippen LogP contribution in [0.2, 0.25) is 0 Å². The quantitative estimate of drug-likeness (QED) is 0.573. The Labute approximate surface area is 97.9 Å². The molecule has 0 unspecified atom stereocenters. The Morgan fingerprint density at radius 1 is 1.06 bits per heavy atom. The topological polar surface area (TPSA) is 84.5 Å². The summed E-state index contributed by atoms with van der Waals surface area (Å²) in [5.41, 5.74) is 4.45. The van der Waals surface area contributed by atoms with Crippen molar-refractivity contribution in [2.45, 2.75) is 6.92 Å². The van der Waals surface area contributed by atoms with E-state index < -0.39 is 17.6 Å². The molecule has 1 aromatic carbocycles. The number of benzene rings is 1. The van der Waals surface area contributed by atoms with Crippen LogP contribution in [0.15, 0.2) is 24.3 Å². The lowest BCUT2D eigenvalue weighted by Crippen LogP contribution is -2.44. The highest BCUT2D eigenvalue weighted by molar-refractivity contribution is 6.35. The number of carbonyl (C=O) groups is 3. The molecule has 0 radical (unpaired) electrons. The molecule has 1 aromatic rings. The standard InChI is InChI=1S/C11H12N2O4/c1-7(14)10(15)12-13-11(16)8-3-5-9(17-2)6-4-8/h3-6H,1-2H3,(H,12,15)(H,13,16). The number of hydrazine groups is 1. The van der Waals surface area contributed by atoms with Crippen LogP contribution < -0.4 is 15.6 Å². The molecule has 2 amide bonds. The molecule has 17 heavy (non-hydrogen) atoms. The van der Waals surface area contributed by atoms with Gasteiger partial charge < -0.3 is 4.74 Å². The van der Waals surface area contributed by atoms with Gasteiger partial charge in [-0.05, 0) is 24.3 Å². The van der Waals surface area contributed by atoms with Gasteiger partial charge in [0.25, 0.3) is 5.91 Å². The van der Waals surface area contributed by atoms with Gasteiger partial charge in [-0.2, -0.15) is 0 Å². The molecular weight excluding hydrogens is 224 g/mol. The average molecular weight is 236 g/mol. The minimum atomic E-state index is -0.869. The molecule has 0 saturated heterocycles. The summed E-state index contributed by atoms with van der Waals surface area (Å²) in [5.74, 6) is -1.44. The molecule has 6 nitrogen and oxygen atoms in total. The fourth-order valence-corrected chi connectivity index (χ4v) is 1.02. The summed E-state index contributed by atoms with van der Waals surface area (Å²) >= 11 is 0. The first kappa shape index (κ1) is 12.7. The zero-order valence-corrected chi connectivity index (χ0v) is 9.44. The van der Waals surface area contributed by atoms with Crippen LogP contribution in [-0.4, -0.2) is 24.7 Å². The van der Waals surface area contributed by atoms with E-state index >= 15 is 0 Å². The van der Waals surface area contributed by atoms with Crippen molar-refractivity contribution < 1.29 is 19.1 Å². The summed E-state index contributed by atoms with van der Waals surface area (Å²) in [6, 6.07) is 6.30. The van der Waals surface area contributed by atoms with Crippen LogP contribution in [0, 0.1) is 0 Å². The molecule has 0 atom stereocenters. The molecule has 0 aliphatic heterocycles. The van der Waals surface area contributed by atoms with E-state index in [9.17, 15) is 14.4 Å². The van der Waals surface area contributed by atoms with Crippen LogP contribution in [0.25, 0.3) is 0 Å². The highest BCUT2D eigenvalue weighted by Gasteiger charge is 2.09. The van der Waals surface area contributed by atoms with Gasteiger partial charge in [-0.1, -0.05) is 0 Å². The van der Waals surface area contributed by atoms with Crippen molar-refractivity contribution in [2.75, 3.05) is 7.11 Å². The number of Topliss-reactive ketones (excluding diaryl/α,β-unsaturated/α-hetero) is 1. The number of hydrogen-bond donors (Lipinski definition) is 2. The third-order valence-corrected chi connectivity index (χ3v) is 1.96. The van der Waals surface area contributed by atoms with E-state index in [-0.39, 0.29) is 0 Å². The first-order valence-corrected chi connectivity index (χ1v) is 4.80.